The van der Waals surface area contributed by atoms with Crippen molar-refractivity contribution in [3.63, 3.8) is 0 Å². The van der Waals surface area contributed by atoms with Crippen molar-refractivity contribution in [3.8, 4) is 0 Å². The number of rotatable bonds is 2. The highest BCUT2D eigenvalue weighted by Crippen LogP contribution is 2.29. The number of imide groups is 1. The zero-order valence-electron chi connectivity index (χ0n) is 16.3. The lowest BCUT2D eigenvalue weighted by Gasteiger charge is -2.27. The summed E-state index contributed by atoms with van der Waals surface area (Å²) in [5, 5.41) is 2.25. The van der Waals surface area contributed by atoms with Gasteiger partial charge in [0.15, 0.2) is 0 Å². The first-order valence-corrected chi connectivity index (χ1v) is 9.24. The van der Waals surface area contributed by atoms with Gasteiger partial charge in [0.25, 0.3) is 0 Å². The molecular weight excluding hydrogens is 332 g/mol. The Kier molecular flexibility index (Phi) is 8.82. The van der Waals surface area contributed by atoms with Crippen LogP contribution in [0.5, 0.6) is 0 Å². The van der Waals surface area contributed by atoms with Crippen molar-refractivity contribution in [3.05, 3.63) is 35.9 Å². The van der Waals surface area contributed by atoms with E-state index in [0.29, 0.717) is 13.0 Å². The van der Waals surface area contributed by atoms with Crippen molar-refractivity contribution >= 4 is 17.9 Å². The molecule has 1 aromatic rings. The number of cyclic esters (lactones) is 1. The second kappa shape index (κ2) is 10.6. The molecule has 3 amide bonds. The molecule has 6 nitrogen and oxygen atoms in total. The molecule has 2 unspecified atom stereocenters. The van der Waals surface area contributed by atoms with Gasteiger partial charge in [0, 0.05) is 6.42 Å². The number of ether oxygens (including phenoxy) is 1. The van der Waals surface area contributed by atoms with E-state index in [1.807, 2.05) is 44.2 Å². The van der Waals surface area contributed by atoms with Gasteiger partial charge in [0.2, 0.25) is 11.8 Å². The van der Waals surface area contributed by atoms with Crippen molar-refractivity contribution < 1.29 is 19.1 Å². The van der Waals surface area contributed by atoms with Crippen LogP contribution in [0.4, 0.5) is 4.79 Å². The van der Waals surface area contributed by atoms with E-state index in [1.165, 1.54) is 4.90 Å². The van der Waals surface area contributed by atoms with Crippen molar-refractivity contribution in [1.29, 1.82) is 0 Å². The van der Waals surface area contributed by atoms with Gasteiger partial charge in [-0.3, -0.25) is 19.8 Å². The van der Waals surface area contributed by atoms with Crippen molar-refractivity contribution in [2.45, 2.75) is 59.6 Å². The van der Waals surface area contributed by atoms with Gasteiger partial charge in [-0.1, -0.05) is 65.0 Å². The third-order valence-corrected chi connectivity index (χ3v) is 3.60. The second-order valence-electron chi connectivity index (χ2n) is 6.63. The van der Waals surface area contributed by atoms with E-state index in [9.17, 15) is 14.4 Å². The Morgan fingerprint density at radius 3 is 2.19 bits per heavy atom. The van der Waals surface area contributed by atoms with Gasteiger partial charge in [0.05, 0.1) is 6.54 Å². The molecule has 2 fully saturated rings. The van der Waals surface area contributed by atoms with Gasteiger partial charge >= 0.3 is 6.09 Å². The van der Waals surface area contributed by atoms with Crippen LogP contribution in [0.15, 0.2) is 30.3 Å². The minimum absolute atomic E-state index is 0.246. The molecule has 2 aliphatic heterocycles. The van der Waals surface area contributed by atoms with E-state index in [0.717, 1.165) is 11.5 Å². The summed E-state index contributed by atoms with van der Waals surface area (Å²) in [5.41, 5.74) is 0.899. The van der Waals surface area contributed by atoms with Crippen LogP contribution in [0, 0.1) is 5.92 Å². The van der Waals surface area contributed by atoms with Gasteiger partial charge in [-0.2, -0.15) is 0 Å². The van der Waals surface area contributed by atoms with Crippen molar-refractivity contribution in [2.75, 3.05) is 6.54 Å². The predicted octanol–water partition coefficient (Wildman–Crippen LogP) is 3.67. The fraction of sp³-hybridized carbons (Fsp3) is 0.550. The van der Waals surface area contributed by atoms with Gasteiger partial charge < -0.3 is 4.74 Å². The minimum atomic E-state index is -0.617. The molecule has 6 heteroatoms. The number of nitrogens with zero attached hydrogens (tertiary/aromatic N) is 1. The maximum atomic E-state index is 11.9. The van der Waals surface area contributed by atoms with Crippen molar-refractivity contribution in [1.82, 2.24) is 10.2 Å². The monoisotopic (exact) mass is 362 g/mol. The second-order valence-corrected chi connectivity index (χ2v) is 6.63. The van der Waals surface area contributed by atoms with Gasteiger partial charge in [-0.25, -0.2) is 4.79 Å². The molecule has 0 aliphatic carbocycles. The normalized spacial score (nSPS) is 21.9. The van der Waals surface area contributed by atoms with Crippen LogP contribution in [0.2, 0.25) is 0 Å². The van der Waals surface area contributed by atoms with E-state index in [4.69, 9.17) is 4.74 Å². The summed E-state index contributed by atoms with van der Waals surface area (Å²) < 4.78 is 5.31. The molecule has 26 heavy (non-hydrogen) atoms. The molecule has 0 saturated carbocycles. The highest BCUT2D eigenvalue weighted by Gasteiger charge is 2.41. The molecule has 2 heterocycles. The first kappa shape index (κ1) is 21.7. The van der Waals surface area contributed by atoms with Crippen LogP contribution in [-0.4, -0.2) is 35.4 Å². The summed E-state index contributed by atoms with van der Waals surface area (Å²) >= 11 is 0. The summed E-state index contributed by atoms with van der Waals surface area (Å²) in [6.45, 7) is 10.8. The van der Waals surface area contributed by atoms with Crippen LogP contribution >= 0.6 is 0 Å². The molecule has 0 bridgehead atoms. The smallest absolute Gasteiger partial charge is 0.411 e. The van der Waals surface area contributed by atoms with Crippen LogP contribution in [0.25, 0.3) is 0 Å². The summed E-state index contributed by atoms with van der Waals surface area (Å²) in [5.74, 6) is 0.116. The molecule has 1 N–H and O–H groups in total. The lowest BCUT2D eigenvalue weighted by molar-refractivity contribution is -0.136. The van der Waals surface area contributed by atoms with Crippen LogP contribution in [-0.2, 0) is 14.3 Å². The summed E-state index contributed by atoms with van der Waals surface area (Å²) in [6.07, 6.45) is -0.278. The molecule has 2 atom stereocenters. The molecule has 0 aromatic heterocycles. The standard InChI is InChI=1S/C14H14N2O4.C4H10.C2H6/c17-12-7-6-10(13(18)15-12)16-8-11(20-14(16)19)9-4-2-1-3-5-9;1-4(2)3;1-2/h1-5,10-11H,6-8H2,(H,15,17,18);4H,1-3H3;1-2H3. The van der Waals surface area contributed by atoms with E-state index in [2.05, 4.69) is 26.1 Å². The fourth-order valence-electron chi connectivity index (χ4n) is 2.55. The predicted molar refractivity (Wildman–Crippen MR) is 100 cm³/mol. The van der Waals surface area contributed by atoms with E-state index in [-0.39, 0.29) is 18.4 Å². The quantitative estimate of drug-likeness (QED) is 0.815. The first-order chi connectivity index (χ1) is 12.4. The van der Waals surface area contributed by atoms with Gasteiger partial charge in [-0.15, -0.1) is 0 Å². The van der Waals surface area contributed by atoms with Gasteiger partial charge in [-0.05, 0) is 17.9 Å². The Balaban J connectivity index is 0.000000500. The summed E-state index contributed by atoms with van der Waals surface area (Å²) in [4.78, 5) is 36.3. The van der Waals surface area contributed by atoms with Crippen molar-refractivity contribution in [2.24, 2.45) is 5.92 Å². The Morgan fingerprint density at radius 2 is 1.65 bits per heavy atom. The van der Waals surface area contributed by atoms with Crippen LogP contribution < -0.4 is 5.32 Å². The van der Waals surface area contributed by atoms with E-state index < -0.39 is 18.0 Å². The number of benzene rings is 1. The van der Waals surface area contributed by atoms with E-state index >= 15 is 0 Å². The zero-order valence-corrected chi connectivity index (χ0v) is 16.3. The summed E-state index contributed by atoms with van der Waals surface area (Å²) in [7, 11) is 0. The molecule has 2 saturated heterocycles. The zero-order chi connectivity index (χ0) is 19.7. The number of hydrogen-bond acceptors (Lipinski definition) is 4. The van der Waals surface area contributed by atoms with Gasteiger partial charge in [0.1, 0.15) is 12.1 Å². The Morgan fingerprint density at radius 1 is 1.08 bits per heavy atom. The lowest BCUT2D eigenvalue weighted by Crippen LogP contribution is -2.52. The number of amides is 3. The SMILES string of the molecule is CC.CC(C)C.O=C1CCC(N2CC(c3ccccc3)OC2=O)C(=O)N1. The number of nitrogens with one attached hydrogen (secondary N) is 1. The van der Waals surface area contributed by atoms with Crippen LogP contribution in [0.3, 0.4) is 0 Å². The average molecular weight is 362 g/mol. The van der Waals surface area contributed by atoms with E-state index in [1.54, 1.807) is 0 Å². The Hall–Kier alpha value is -2.37. The minimum Gasteiger partial charge on any atom is -0.439 e. The largest absolute Gasteiger partial charge is 0.439 e. The first-order valence-electron chi connectivity index (χ1n) is 9.24. The molecule has 1 aromatic carbocycles. The molecule has 0 radical (unpaired) electrons. The average Bonchev–Trinajstić information content (AvgIpc) is 2.99. The highest BCUT2D eigenvalue weighted by atomic mass is 16.6. The number of carbonyl (C=O) groups excluding carboxylic acids is 3. The molecular formula is C20H30N2O4. The fourth-order valence-corrected chi connectivity index (χ4v) is 2.55. The Labute approximate surface area is 155 Å². The third kappa shape index (κ3) is 6.17. The molecule has 144 valence electrons. The topological polar surface area (TPSA) is 75.7 Å². The maximum absolute atomic E-state index is 11.9. The molecule has 0 spiro atoms. The van der Waals surface area contributed by atoms with Crippen LogP contribution in [0.1, 0.15) is 59.1 Å². The lowest BCUT2D eigenvalue weighted by atomic mass is 10.0. The molecule has 3 rings (SSSR count). The Bertz CT molecular complexity index is 598. The number of carbonyl (C=O) groups is 3. The maximum Gasteiger partial charge on any atom is 0.411 e. The highest BCUT2D eigenvalue weighted by molar-refractivity contribution is 6.01. The number of hydrogen-bond donors (Lipinski definition) is 1. The molecule has 2 aliphatic rings. The summed E-state index contributed by atoms with van der Waals surface area (Å²) in [6, 6.07) is 8.78. The number of piperidine rings is 1. The third-order valence-electron chi connectivity index (χ3n) is 3.60.